The van der Waals surface area contributed by atoms with Gasteiger partial charge in [0, 0.05) is 11.4 Å². The van der Waals surface area contributed by atoms with Gasteiger partial charge in [0.25, 0.3) is 5.91 Å². The van der Waals surface area contributed by atoms with Gasteiger partial charge in [-0.15, -0.1) is 11.3 Å². The van der Waals surface area contributed by atoms with Crippen molar-refractivity contribution in [1.82, 2.24) is 5.32 Å². The standard InChI is InChI=1S/C24H24N2O4S/c27-21(25-12-13-5-2-1-3-6-13)20-16-7-4-8-17(16)31-23(20)26-22(28)18-14-9-10-15(11-14)19(18)24(29)30/h1-3,5-6,9-10,14-15,18-19H,4,7-8,11-12H2,(H,25,27)(H,26,28)(H,29,30)/t14-,15-,18+,19-/m0/s1. The third-order valence-corrected chi connectivity index (χ3v) is 7.94. The van der Waals surface area contributed by atoms with Crippen molar-refractivity contribution in [2.24, 2.45) is 23.7 Å². The van der Waals surface area contributed by atoms with E-state index in [0.717, 1.165) is 35.3 Å². The van der Waals surface area contributed by atoms with Gasteiger partial charge in [-0.25, -0.2) is 0 Å². The van der Waals surface area contributed by atoms with Crippen LogP contribution in [0.15, 0.2) is 42.5 Å². The van der Waals surface area contributed by atoms with Crippen LogP contribution in [0.25, 0.3) is 0 Å². The first-order valence-electron chi connectivity index (χ1n) is 10.7. The van der Waals surface area contributed by atoms with Gasteiger partial charge in [0.2, 0.25) is 5.91 Å². The Bertz CT molecular complexity index is 1070. The first-order valence-corrected chi connectivity index (χ1v) is 11.5. The van der Waals surface area contributed by atoms with Crippen LogP contribution in [0.4, 0.5) is 5.00 Å². The van der Waals surface area contributed by atoms with E-state index in [0.29, 0.717) is 23.5 Å². The van der Waals surface area contributed by atoms with Crippen LogP contribution in [0.3, 0.4) is 0 Å². The molecule has 31 heavy (non-hydrogen) atoms. The number of thiophene rings is 1. The molecule has 3 N–H and O–H groups in total. The smallest absolute Gasteiger partial charge is 0.307 e. The Morgan fingerprint density at radius 3 is 2.52 bits per heavy atom. The Kier molecular flexibility index (Phi) is 5.14. The molecule has 1 fully saturated rings. The summed E-state index contributed by atoms with van der Waals surface area (Å²) in [6.07, 6.45) is 7.34. The van der Waals surface area contributed by atoms with Crippen molar-refractivity contribution in [1.29, 1.82) is 0 Å². The molecule has 0 spiro atoms. The van der Waals surface area contributed by atoms with Gasteiger partial charge in [-0.1, -0.05) is 42.5 Å². The minimum Gasteiger partial charge on any atom is -0.481 e. The summed E-state index contributed by atoms with van der Waals surface area (Å²) in [4.78, 5) is 39.2. The number of nitrogens with one attached hydrogen (secondary N) is 2. The first-order chi connectivity index (χ1) is 15.0. The van der Waals surface area contributed by atoms with E-state index >= 15 is 0 Å². The molecule has 6 nitrogen and oxygen atoms in total. The van der Waals surface area contributed by atoms with E-state index < -0.39 is 17.8 Å². The number of aliphatic carboxylic acids is 1. The molecule has 7 heteroatoms. The number of carboxylic acids is 1. The molecule has 160 valence electrons. The molecular formula is C24H24N2O4S. The molecule has 5 rings (SSSR count). The van der Waals surface area contributed by atoms with Crippen molar-refractivity contribution in [3.8, 4) is 0 Å². The highest BCUT2D eigenvalue weighted by atomic mass is 32.1. The second-order valence-corrected chi connectivity index (χ2v) is 9.66. The SMILES string of the molecule is O=C(NCc1ccccc1)c1c(NC(=O)[C@H]2[C@@H](C(=O)O)[C@H]3C=C[C@H]2C3)sc2c1CCC2. The van der Waals surface area contributed by atoms with E-state index in [1.54, 1.807) is 0 Å². The number of rotatable bonds is 6. The summed E-state index contributed by atoms with van der Waals surface area (Å²) in [7, 11) is 0. The van der Waals surface area contributed by atoms with Crippen molar-refractivity contribution in [3.05, 3.63) is 64.1 Å². The highest BCUT2D eigenvalue weighted by Gasteiger charge is 2.51. The number of benzene rings is 1. The van der Waals surface area contributed by atoms with E-state index in [-0.39, 0.29) is 23.7 Å². The molecule has 1 heterocycles. The average molecular weight is 437 g/mol. The molecule has 2 bridgehead atoms. The van der Waals surface area contributed by atoms with Crippen molar-refractivity contribution >= 4 is 34.1 Å². The van der Waals surface area contributed by atoms with E-state index in [9.17, 15) is 19.5 Å². The van der Waals surface area contributed by atoms with Crippen molar-refractivity contribution in [2.75, 3.05) is 5.32 Å². The van der Waals surface area contributed by atoms with E-state index in [2.05, 4.69) is 10.6 Å². The quantitative estimate of drug-likeness (QED) is 0.603. The third kappa shape index (κ3) is 3.57. The number of carbonyl (C=O) groups excluding carboxylic acids is 2. The van der Waals surface area contributed by atoms with E-state index in [1.807, 2.05) is 42.5 Å². The zero-order valence-electron chi connectivity index (χ0n) is 17.0. The summed E-state index contributed by atoms with van der Waals surface area (Å²) in [6.45, 7) is 0.413. The van der Waals surface area contributed by atoms with E-state index in [4.69, 9.17) is 0 Å². The maximum Gasteiger partial charge on any atom is 0.307 e. The summed E-state index contributed by atoms with van der Waals surface area (Å²) in [6, 6.07) is 9.70. The summed E-state index contributed by atoms with van der Waals surface area (Å²) >= 11 is 1.46. The highest BCUT2D eigenvalue weighted by Crippen LogP contribution is 2.49. The van der Waals surface area contributed by atoms with Crippen LogP contribution < -0.4 is 10.6 Å². The molecule has 2 amide bonds. The molecule has 3 aliphatic carbocycles. The first kappa shape index (κ1) is 20.0. The van der Waals surface area contributed by atoms with Gasteiger partial charge in [0.15, 0.2) is 0 Å². The van der Waals surface area contributed by atoms with Gasteiger partial charge in [-0.3, -0.25) is 14.4 Å². The average Bonchev–Trinajstić information content (AvgIpc) is 3.52. The number of anilines is 1. The molecule has 0 unspecified atom stereocenters. The number of carbonyl (C=O) groups is 3. The minimum atomic E-state index is -0.925. The maximum absolute atomic E-state index is 13.2. The van der Waals surface area contributed by atoms with Crippen LogP contribution >= 0.6 is 11.3 Å². The van der Waals surface area contributed by atoms with Gasteiger partial charge in [-0.2, -0.15) is 0 Å². The van der Waals surface area contributed by atoms with Gasteiger partial charge >= 0.3 is 5.97 Å². The van der Waals surface area contributed by atoms with Crippen LogP contribution in [0.5, 0.6) is 0 Å². The van der Waals surface area contributed by atoms with Crippen LogP contribution in [0.2, 0.25) is 0 Å². The number of allylic oxidation sites excluding steroid dienone is 2. The van der Waals surface area contributed by atoms with Crippen LogP contribution in [-0.2, 0) is 29.0 Å². The Labute approximate surface area is 184 Å². The molecule has 0 saturated heterocycles. The van der Waals surface area contributed by atoms with Crippen LogP contribution in [0, 0.1) is 23.7 Å². The summed E-state index contributed by atoms with van der Waals surface area (Å²) in [5.74, 6) is -2.83. The number of aryl methyl sites for hydroxylation is 1. The fourth-order valence-corrected chi connectivity index (χ4v) is 6.60. The molecule has 2 aromatic rings. The monoisotopic (exact) mass is 436 g/mol. The second-order valence-electron chi connectivity index (χ2n) is 8.56. The highest BCUT2D eigenvalue weighted by molar-refractivity contribution is 7.17. The topological polar surface area (TPSA) is 95.5 Å². The number of hydrogen-bond donors (Lipinski definition) is 3. The number of fused-ring (bicyclic) bond motifs is 3. The lowest BCUT2D eigenvalue weighted by molar-refractivity contribution is -0.146. The number of carboxylic acid groups (broad SMARTS) is 1. The lowest BCUT2D eigenvalue weighted by Gasteiger charge is -2.23. The predicted molar refractivity (Wildman–Crippen MR) is 118 cm³/mol. The van der Waals surface area contributed by atoms with Crippen molar-refractivity contribution in [3.63, 3.8) is 0 Å². The van der Waals surface area contributed by atoms with Gasteiger partial charge in [-0.05, 0) is 48.6 Å². The zero-order valence-corrected chi connectivity index (χ0v) is 17.8. The maximum atomic E-state index is 13.2. The normalized spacial score (nSPS) is 25.4. The number of amides is 2. The summed E-state index contributed by atoms with van der Waals surface area (Å²) in [5.41, 5.74) is 2.58. The largest absolute Gasteiger partial charge is 0.481 e. The summed E-state index contributed by atoms with van der Waals surface area (Å²) in [5, 5.41) is 16.1. The molecule has 1 aromatic carbocycles. The zero-order chi connectivity index (χ0) is 21.5. The van der Waals surface area contributed by atoms with Gasteiger partial charge in [0.05, 0.1) is 17.4 Å². The van der Waals surface area contributed by atoms with Gasteiger partial charge in [0.1, 0.15) is 5.00 Å². The molecule has 3 aliphatic rings. The Hall–Kier alpha value is -2.93. The van der Waals surface area contributed by atoms with Gasteiger partial charge < -0.3 is 15.7 Å². The molecule has 4 atom stereocenters. The Morgan fingerprint density at radius 1 is 1.03 bits per heavy atom. The van der Waals surface area contributed by atoms with Crippen molar-refractivity contribution in [2.45, 2.75) is 32.2 Å². The Balaban J connectivity index is 1.37. The fourth-order valence-electron chi connectivity index (χ4n) is 5.31. The van der Waals surface area contributed by atoms with Crippen LogP contribution in [-0.4, -0.2) is 22.9 Å². The second kappa shape index (κ2) is 7.96. The number of hydrogen-bond acceptors (Lipinski definition) is 4. The minimum absolute atomic E-state index is 0.0479. The lowest BCUT2D eigenvalue weighted by atomic mass is 9.82. The van der Waals surface area contributed by atoms with Crippen LogP contribution in [0.1, 0.15) is 39.2 Å². The molecule has 0 radical (unpaired) electrons. The van der Waals surface area contributed by atoms with E-state index in [1.165, 1.54) is 11.3 Å². The molecular weight excluding hydrogens is 412 g/mol. The summed E-state index contributed by atoms with van der Waals surface area (Å²) < 4.78 is 0. The fraction of sp³-hybridized carbons (Fsp3) is 0.375. The molecule has 1 aromatic heterocycles. The predicted octanol–water partition coefficient (Wildman–Crippen LogP) is 3.63. The lowest BCUT2D eigenvalue weighted by Crippen LogP contribution is -2.36. The molecule has 0 aliphatic heterocycles. The third-order valence-electron chi connectivity index (χ3n) is 6.73. The van der Waals surface area contributed by atoms with Crippen molar-refractivity contribution < 1.29 is 19.5 Å². The Morgan fingerprint density at radius 2 is 1.77 bits per heavy atom. The molecule has 1 saturated carbocycles.